The van der Waals surface area contributed by atoms with E-state index in [1.807, 2.05) is 0 Å². The van der Waals surface area contributed by atoms with Gasteiger partial charge in [-0.3, -0.25) is 9.78 Å². The van der Waals surface area contributed by atoms with Crippen molar-refractivity contribution >= 4 is 16.7 Å². The molecule has 15 heavy (non-hydrogen) atoms. The maximum Gasteiger partial charge on any atom is 0.454 e. The Bertz CT molecular complexity index is 515. The van der Waals surface area contributed by atoms with Crippen molar-refractivity contribution in [2.75, 3.05) is 0 Å². The summed E-state index contributed by atoms with van der Waals surface area (Å²) in [5.41, 5.74) is 0.0324. The number of H-pyrrole nitrogens is 1. The van der Waals surface area contributed by atoms with E-state index in [4.69, 9.17) is 0 Å². The van der Waals surface area contributed by atoms with Crippen molar-refractivity contribution < 1.29 is 18.0 Å². The molecule has 0 aliphatic heterocycles. The minimum absolute atomic E-state index is 0.229. The van der Waals surface area contributed by atoms with Gasteiger partial charge in [-0.2, -0.15) is 13.2 Å². The van der Waals surface area contributed by atoms with E-state index in [1.54, 1.807) is 0 Å². The lowest BCUT2D eigenvalue weighted by Crippen LogP contribution is -2.22. The van der Waals surface area contributed by atoms with Crippen molar-refractivity contribution in [3.8, 4) is 0 Å². The van der Waals surface area contributed by atoms with Gasteiger partial charge in [0.2, 0.25) is 0 Å². The molecule has 0 aliphatic carbocycles. The Hall–Kier alpha value is -1.85. The van der Waals surface area contributed by atoms with E-state index in [1.165, 1.54) is 18.5 Å². The molecule has 78 valence electrons. The topological polar surface area (TPSA) is 45.8 Å². The predicted octanol–water partition coefficient (Wildman–Crippen LogP) is 2.31. The van der Waals surface area contributed by atoms with Gasteiger partial charge < -0.3 is 4.98 Å². The summed E-state index contributed by atoms with van der Waals surface area (Å²) in [7, 11) is 0. The van der Waals surface area contributed by atoms with Crippen LogP contribution in [0.5, 0.6) is 0 Å². The molecule has 0 saturated carbocycles. The highest BCUT2D eigenvalue weighted by molar-refractivity contribution is 6.10. The minimum atomic E-state index is -4.85. The quantitative estimate of drug-likeness (QED) is 0.740. The van der Waals surface area contributed by atoms with Crippen LogP contribution in [0.2, 0.25) is 0 Å². The van der Waals surface area contributed by atoms with Crippen molar-refractivity contribution in [1.29, 1.82) is 0 Å². The van der Waals surface area contributed by atoms with Crippen LogP contribution in [-0.2, 0) is 0 Å². The number of hydrogen-bond acceptors (Lipinski definition) is 2. The number of carbonyl (C=O) groups excluding carboxylic acids is 1. The largest absolute Gasteiger partial charge is 0.454 e. The summed E-state index contributed by atoms with van der Waals surface area (Å²) in [5, 5.41) is 0.229. The Balaban J connectivity index is 2.58. The first-order valence-corrected chi connectivity index (χ1v) is 4.03. The van der Waals surface area contributed by atoms with Crippen LogP contribution < -0.4 is 0 Å². The molecule has 0 aromatic carbocycles. The molecule has 2 aromatic rings. The number of nitrogens with one attached hydrogen (secondary N) is 1. The lowest BCUT2D eigenvalue weighted by molar-refractivity contribution is -0.0884. The van der Waals surface area contributed by atoms with Crippen LogP contribution in [0, 0.1) is 0 Å². The molecule has 2 aromatic heterocycles. The Kier molecular flexibility index (Phi) is 1.99. The molecule has 6 heteroatoms. The number of ketones is 1. The number of halogens is 3. The number of fused-ring (bicyclic) bond motifs is 1. The van der Waals surface area contributed by atoms with Gasteiger partial charge in [-0.25, -0.2) is 0 Å². The van der Waals surface area contributed by atoms with Crippen molar-refractivity contribution in [2.24, 2.45) is 0 Å². The van der Waals surface area contributed by atoms with Gasteiger partial charge in [0.25, 0.3) is 5.78 Å². The van der Waals surface area contributed by atoms with Crippen molar-refractivity contribution in [3.63, 3.8) is 0 Å². The van der Waals surface area contributed by atoms with Gasteiger partial charge in [-0.05, 0) is 6.07 Å². The van der Waals surface area contributed by atoms with Crippen molar-refractivity contribution in [1.82, 2.24) is 9.97 Å². The van der Waals surface area contributed by atoms with E-state index in [0.29, 0.717) is 5.52 Å². The number of alkyl halides is 3. The molecule has 0 spiro atoms. The summed E-state index contributed by atoms with van der Waals surface area (Å²) in [6.45, 7) is 0. The predicted molar refractivity (Wildman–Crippen MR) is 46.5 cm³/mol. The average Bonchev–Trinajstić information content (AvgIpc) is 2.58. The maximum atomic E-state index is 12.2. The second-order valence-corrected chi connectivity index (χ2v) is 2.95. The lowest BCUT2D eigenvalue weighted by Gasteiger charge is -2.02. The van der Waals surface area contributed by atoms with Crippen LogP contribution in [0.4, 0.5) is 13.2 Å². The number of aromatic amines is 1. The van der Waals surface area contributed by atoms with Crippen molar-refractivity contribution in [2.45, 2.75) is 6.18 Å². The third kappa shape index (κ3) is 1.58. The Morgan fingerprint density at radius 2 is 2.13 bits per heavy atom. The number of pyridine rings is 1. The van der Waals surface area contributed by atoms with Crippen LogP contribution in [0.3, 0.4) is 0 Å². The number of carbonyl (C=O) groups is 1. The van der Waals surface area contributed by atoms with E-state index in [2.05, 4.69) is 9.97 Å². The summed E-state index contributed by atoms with van der Waals surface area (Å²) < 4.78 is 36.5. The van der Waals surface area contributed by atoms with Gasteiger partial charge >= 0.3 is 6.18 Å². The minimum Gasteiger partial charge on any atom is -0.359 e. The zero-order valence-electron chi connectivity index (χ0n) is 7.30. The highest BCUT2D eigenvalue weighted by Crippen LogP contribution is 2.26. The molecule has 0 bridgehead atoms. The Morgan fingerprint density at radius 3 is 2.80 bits per heavy atom. The van der Waals surface area contributed by atoms with Crippen molar-refractivity contribution in [3.05, 3.63) is 30.2 Å². The first-order valence-electron chi connectivity index (χ1n) is 4.03. The van der Waals surface area contributed by atoms with Crippen LogP contribution in [0.1, 0.15) is 10.4 Å². The van der Waals surface area contributed by atoms with Gasteiger partial charge in [0, 0.05) is 17.8 Å². The smallest absolute Gasteiger partial charge is 0.359 e. The summed E-state index contributed by atoms with van der Waals surface area (Å²) in [5.74, 6) is -1.85. The third-order valence-corrected chi connectivity index (χ3v) is 1.99. The summed E-state index contributed by atoms with van der Waals surface area (Å²) >= 11 is 0. The number of hydrogen-bond donors (Lipinski definition) is 1. The molecule has 3 nitrogen and oxygen atoms in total. The lowest BCUT2D eigenvalue weighted by atomic mass is 10.1. The van der Waals surface area contributed by atoms with E-state index < -0.39 is 12.0 Å². The second-order valence-electron chi connectivity index (χ2n) is 2.95. The number of aromatic nitrogens is 2. The highest BCUT2D eigenvalue weighted by atomic mass is 19.4. The number of nitrogens with zero attached hydrogens (tertiary/aromatic N) is 1. The molecule has 0 fully saturated rings. The fourth-order valence-corrected chi connectivity index (χ4v) is 1.31. The molecule has 0 saturated heterocycles. The molecular formula is C9H5F3N2O. The van der Waals surface area contributed by atoms with E-state index >= 15 is 0 Å². The van der Waals surface area contributed by atoms with E-state index in [9.17, 15) is 18.0 Å². The monoisotopic (exact) mass is 214 g/mol. The van der Waals surface area contributed by atoms with Crippen LogP contribution >= 0.6 is 0 Å². The molecule has 0 unspecified atom stereocenters. The molecule has 1 N–H and O–H groups in total. The standard InChI is InChI=1S/C9H5F3N2O/c10-9(11,12)8(15)6-3-14-7-4-13-2-1-5(6)7/h1-4,14H. The average molecular weight is 214 g/mol. The SMILES string of the molecule is O=C(c1c[nH]c2cnccc12)C(F)(F)F. The zero-order valence-corrected chi connectivity index (χ0v) is 7.30. The molecule has 0 radical (unpaired) electrons. The molecule has 0 atom stereocenters. The first-order chi connectivity index (χ1) is 7.00. The normalized spacial score (nSPS) is 11.9. The van der Waals surface area contributed by atoms with Gasteiger partial charge in [0.15, 0.2) is 0 Å². The van der Waals surface area contributed by atoms with Gasteiger partial charge in [0.1, 0.15) is 0 Å². The van der Waals surface area contributed by atoms with Crippen LogP contribution in [-0.4, -0.2) is 21.9 Å². The highest BCUT2D eigenvalue weighted by Gasteiger charge is 2.40. The fraction of sp³-hybridized carbons (Fsp3) is 0.111. The number of rotatable bonds is 1. The molecular weight excluding hydrogens is 209 g/mol. The third-order valence-electron chi connectivity index (χ3n) is 1.99. The fourth-order valence-electron chi connectivity index (χ4n) is 1.31. The molecule has 2 heterocycles. The first kappa shape index (κ1) is 9.70. The molecule has 0 aliphatic rings. The molecule has 2 rings (SSSR count). The van der Waals surface area contributed by atoms with Crippen LogP contribution in [0.25, 0.3) is 10.9 Å². The summed E-state index contributed by atoms with van der Waals surface area (Å²) in [4.78, 5) is 17.3. The Morgan fingerprint density at radius 1 is 1.40 bits per heavy atom. The zero-order chi connectivity index (χ0) is 11.1. The maximum absolute atomic E-state index is 12.2. The van der Waals surface area contributed by atoms with E-state index in [-0.39, 0.29) is 10.9 Å². The van der Waals surface area contributed by atoms with Gasteiger partial charge in [-0.15, -0.1) is 0 Å². The van der Waals surface area contributed by atoms with Gasteiger partial charge in [0.05, 0.1) is 17.3 Å². The number of Topliss-reactive ketones (excluding diaryl/α,β-unsaturated/α-hetero) is 1. The summed E-state index contributed by atoms with van der Waals surface area (Å²) in [6.07, 6.45) is -1.10. The second kappa shape index (κ2) is 3.08. The van der Waals surface area contributed by atoms with E-state index in [0.717, 1.165) is 6.20 Å². The summed E-state index contributed by atoms with van der Waals surface area (Å²) in [6, 6.07) is 1.37. The Labute approximate surface area is 81.9 Å². The molecule has 0 amide bonds. The van der Waals surface area contributed by atoms with Crippen LogP contribution in [0.15, 0.2) is 24.7 Å². The van der Waals surface area contributed by atoms with Gasteiger partial charge in [-0.1, -0.05) is 0 Å².